The summed E-state index contributed by atoms with van der Waals surface area (Å²) in [5.74, 6) is -1.13. The van der Waals surface area contributed by atoms with Crippen LogP contribution in [0.2, 0.25) is 0 Å². The van der Waals surface area contributed by atoms with Gasteiger partial charge in [-0.3, -0.25) is 0 Å². The van der Waals surface area contributed by atoms with Gasteiger partial charge in [0, 0.05) is 16.7 Å². The lowest BCUT2D eigenvalue weighted by molar-refractivity contribution is 0.0688. The molecule has 2 rings (SSSR count). The molecule has 5 nitrogen and oxygen atoms in total. The van der Waals surface area contributed by atoms with Crippen molar-refractivity contribution in [1.82, 2.24) is 9.97 Å². The fourth-order valence-electron chi connectivity index (χ4n) is 2.06. The van der Waals surface area contributed by atoms with Crippen molar-refractivity contribution in [1.29, 1.82) is 0 Å². The van der Waals surface area contributed by atoms with Crippen LogP contribution in [0.3, 0.4) is 0 Å². The lowest BCUT2D eigenvalue weighted by Gasteiger charge is -2.17. The van der Waals surface area contributed by atoms with Crippen LogP contribution in [0.15, 0.2) is 4.79 Å². The van der Waals surface area contributed by atoms with E-state index in [1.807, 2.05) is 13.8 Å². The standard InChI is InChI=1S/C10H12N2O3/c1-10(2)4-3-5-6(8(13)14)11-9(15)12-7(5)10/h3-4H2,1-2H3,(H,13,14)(H,11,12,15). The predicted molar refractivity (Wildman–Crippen MR) is 53.2 cm³/mol. The van der Waals surface area contributed by atoms with Gasteiger partial charge in [-0.05, 0) is 12.8 Å². The van der Waals surface area contributed by atoms with E-state index in [2.05, 4.69) is 9.97 Å². The van der Waals surface area contributed by atoms with Crippen LogP contribution in [0.4, 0.5) is 0 Å². The van der Waals surface area contributed by atoms with Crippen molar-refractivity contribution in [2.45, 2.75) is 32.1 Å². The van der Waals surface area contributed by atoms with Gasteiger partial charge >= 0.3 is 11.7 Å². The molecule has 0 unspecified atom stereocenters. The third kappa shape index (κ3) is 1.44. The molecule has 1 aromatic heterocycles. The number of nitrogens with zero attached hydrogens (tertiary/aromatic N) is 1. The Morgan fingerprint density at radius 3 is 2.80 bits per heavy atom. The molecule has 80 valence electrons. The molecule has 15 heavy (non-hydrogen) atoms. The van der Waals surface area contributed by atoms with E-state index < -0.39 is 11.7 Å². The maximum absolute atomic E-state index is 11.2. The minimum absolute atomic E-state index is 0.0978. The molecule has 2 N–H and O–H groups in total. The Kier molecular flexibility index (Phi) is 1.92. The zero-order chi connectivity index (χ0) is 11.2. The largest absolute Gasteiger partial charge is 0.476 e. The Bertz CT molecular complexity index is 488. The summed E-state index contributed by atoms with van der Waals surface area (Å²) in [7, 11) is 0. The number of hydrogen-bond donors (Lipinski definition) is 2. The summed E-state index contributed by atoms with van der Waals surface area (Å²) < 4.78 is 0. The number of rotatable bonds is 1. The first kappa shape index (κ1) is 9.89. The summed E-state index contributed by atoms with van der Waals surface area (Å²) in [6.45, 7) is 3.97. The Morgan fingerprint density at radius 1 is 1.53 bits per heavy atom. The number of H-pyrrole nitrogens is 1. The molecule has 0 radical (unpaired) electrons. The zero-order valence-electron chi connectivity index (χ0n) is 8.63. The number of carboxylic acid groups (broad SMARTS) is 1. The molecule has 0 saturated carbocycles. The Labute approximate surface area is 86.2 Å². The van der Waals surface area contributed by atoms with Crippen LogP contribution in [0.1, 0.15) is 42.0 Å². The lowest BCUT2D eigenvalue weighted by Crippen LogP contribution is -2.24. The average molecular weight is 208 g/mol. The average Bonchev–Trinajstić information content (AvgIpc) is 2.41. The van der Waals surface area contributed by atoms with Gasteiger partial charge in [0.1, 0.15) is 0 Å². The monoisotopic (exact) mass is 208 g/mol. The first-order valence-corrected chi connectivity index (χ1v) is 4.79. The molecule has 0 amide bonds. The number of carboxylic acids is 1. The molecule has 0 saturated heterocycles. The van der Waals surface area contributed by atoms with Gasteiger partial charge in [0.05, 0.1) is 0 Å². The van der Waals surface area contributed by atoms with Gasteiger partial charge in [-0.2, -0.15) is 4.98 Å². The van der Waals surface area contributed by atoms with Crippen molar-refractivity contribution in [2.24, 2.45) is 0 Å². The van der Waals surface area contributed by atoms with Gasteiger partial charge in [0.15, 0.2) is 5.69 Å². The zero-order valence-corrected chi connectivity index (χ0v) is 8.63. The highest BCUT2D eigenvalue weighted by molar-refractivity contribution is 5.87. The summed E-state index contributed by atoms with van der Waals surface area (Å²) in [4.78, 5) is 28.3. The third-order valence-electron chi connectivity index (χ3n) is 2.91. The van der Waals surface area contributed by atoms with Gasteiger partial charge in [0.25, 0.3) is 0 Å². The quantitative estimate of drug-likeness (QED) is 0.711. The number of aromatic carboxylic acids is 1. The summed E-state index contributed by atoms with van der Waals surface area (Å²) in [6.07, 6.45) is 1.50. The SMILES string of the molecule is CC1(C)CCc2c(C(=O)O)nc(=O)[nH]c21. The Morgan fingerprint density at radius 2 is 2.20 bits per heavy atom. The fraction of sp³-hybridized carbons (Fsp3) is 0.500. The second-order valence-corrected chi connectivity index (χ2v) is 4.43. The van der Waals surface area contributed by atoms with E-state index in [9.17, 15) is 9.59 Å². The van der Waals surface area contributed by atoms with Crippen LogP contribution in [0.5, 0.6) is 0 Å². The van der Waals surface area contributed by atoms with E-state index in [1.54, 1.807) is 0 Å². The molecule has 0 fully saturated rings. The first-order chi connectivity index (χ1) is 6.92. The molecule has 0 aromatic carbocycles. The number of nitrogens with one attached hydrogen (secondary N) is 1. The number of aromatic nitrogens is 2. The highest BCUT2D eigenvalue weighted by Crippen LogP contribution is 2.36. The Hall–Kier alpha value is -1.65. The third-order valence-corrected chi connectivity index (χ3v) is 2.91. The van der Waals surface area contributed by atoms with E-state index in [0.717, 1.165) is 12.1 Å². The van der Waals surface area contributed by atoms with Gasteiger partial charge in [0.2, 0.25) is 0 Å². The number of aromatic amines is 1. The number of carbonyl (C=O) groups is 1. The first-order valence-electron chi connectivity index (χ1n) is 4.79. The molecule has 0 aliphatic heterocycles. The van der Waals surface area contributed by atoms with E-state index in [1.165, 1.54) is 0 Å². The van der Waals surface area contributed by atoms with E-state index in [4.69, 9.17) is 5.11 Å². The lowest BCUT2D eigenvalue weighted by atomic mass is 9.90. The highest BCUT2D eigenvalue weighted by Gasteiger charge is 2.34. The molecular formula is C10H12N2O3. The van der Waals surface area contributed by atoms with E-state index in [0.29, 0.717) is 12.0 Å². The molecule has 0 atom stereocenters. The predicted octanol–water partition coefficient (Wildman–Crippen LogP) is 0.692. The second-order valence-electron chi connectivity index (χ2n) is 4.43. The van der Waals surface area contributed by atoms with Crippen molar-refractivity contribution >= 4 is 5.97 Å². The van der Waals surface area contributed by atoms with Crippen LogP contribution in [0, 0.1) is 0 Å². The van der Waals surface area contributed by atoms with Gasteiger partial charge < -0.3 is 10.1 Å². The molecule has 1 aromatic rings. The topological polar surface area (TPSA) is 83.0 Å². The van der Waals surface area contributed by atoms with Crippen molar-refractivity contribution in [3.63, 3.8) is 0 Å². The smallest absolute Gasteiger partial charge is 0.355 e. The second kappa shape index (κ2) is 2.92. The van der Waals surface area contributed by atoms with E-state index in [-0.39, 0.29) is 11.1 Å². The van der Waals surface area contributed by atoms with Crippen molar-refractivity contribution in [3.8, 4) is 0 Å². The summed E-state index contributed by atoms with van der Waals surface area (Å²) in [5, 5.41) is 8.93. The summed E-state index contributed by atoms with van der Waals surface area (Å²) in [6, 6.07) is 0. The molecule has 0 spiro atoms. The van der Waals surface area contributed by atoms with Gasteiger partial charge in [-0.1, -0.05) is 13.8 Å². The minimum Gasteiger partial charge on any atom is -0.476 e. The van der Waals surface area contributed by atoms with Crippen LogP contribution >= 0.6 is 0 Å². The molecular weight excluding hydrogens is 196 g/mol. The molecule has 0 bridgehead atoms. The maximum Gasteiger partial charge on any atom is 0.355 e. The fourth-order valence-corrected chi connectivity index (χ4v) is 2.06. The van der Waals surface area contributed by atoms with Gasteiger partial charge in [-0.25, -0.2) is 9.59 Å². The van der Waals surface area contributed by atoms with Crippen LogP contribution < -0.4 is 5.69 Å². The van der Waals surface area contributed by atoms with E-state index >= 15 is 0 Å². The number of hydrogen-bond acceptors (Lipinski definition) is 3. The number of fused-ring (bicyclic) bond motifs is 1. The van der Waals surface area contributed by atoms with Crippen molar-refractivity contribution in [3.05, 3.63) is 27.4 Å². The van der Waals surface area contributed by atoms with Gasteiger partial charge in [-0.15, -0.1) is 0 Å². The molecule has 1 aliphatic rings. The summed E-state index contributed by atoms with van der Waals surface area (Å²) >= 11 is 0. The summed E-state index contributed by atoms with van der Waals surface area (Å²) in [5.41, 5.74) is 0.550. The molecule has 5 heteroatoms. The van der Waals surface area contributed by atoms with Crippen LogP contribution in [-0.2, 0) is 11.8 Å². The van der Waals surface area contributed by atoms with Crippen LogP contribution in [-0.4, -0.2) is 21.0 Å². The Balaban J connectivity index is 2.74. The highest BCUT2D eigenvalue weighted by atomic mass is 16.4. The van der Waals surface area contributed by atoms with Crippen molar-refractivity contribution in [2.75, 3.05) is 0 Å². The maximum atomic E-state index is 11.2. The normalized spacial score (nSPS) is 17.5. The van der Waals surface area contributed by atoms with Crippen molar-refractivity contribution < 1.29 is 9.90 Å². The molecule has 1 aliphatic carbocycles. The minimum atomic E-state index is -1.13. The van der Waals surface area contributed by atoms with Crippen LogP contribution in [0.25, 0.3) is 0 Å². The molecule has 1 heterocycles.